The van der Waals surface area contributed by atoms with E-state index in [2.05, 4.69) is 4.98 Å². The number of nitrogens with zero attached hydrogens (tertiary/aromatic N) is 3. The molecule has 9 nitrogen and oxygen atoms in total. The molecule has 0 bridgehead atoms. The minimum atomic E-state index is -0.853. The molecule has 0 radical (unpaired) electrons. The molecule has 10 heteroatoms. The maximum Gasteiger partial charge on any atom is 0.332 e. The normalized spacial score (nSPS) is 11.6. The summed E-state index contributed by atoms with van der Waals surface area (Å²) in [5, 5.41) is 0.814. The summed E-state index contributed by atoms with van der Waals surface area (Å²) in [7, 11) is 2.61. The van der Waals surface area contributed by atoms with Crippen LogP contribution in [0.2, 0.25) is 0 Å². The van der Waals surface area contributed by atoms with Gasteiger partial charge in [-0.1, -0.05) is 26.0 Å². The van der Waals surface area contributed by atoms with E-state index in [0.717, 1.165) is 24.4 Å². The van der Waals surface area contributed by atoms with Gasteiger partial charge >= 0.3 is 11.7 Å². The highest BCUT2D eigenvalue weighted by Crippen LogP contribution is 2.35. The zero-order chi connectivity index (χ0) is 23.6. The van der Waals surface area contributed by atoms with Crippen molar-refractivity contribution in [1.82, 2.24) is 14.1 Å². The SMILES string of the molecule is CCC(CC)(Cc1nc2ccccc2s1)C(=O)OCC(=O)c1c(N)n(C)c(=O)n(C)c1=O. The summed E-state index contributed by atoms with van der Waals surface area (Å²) in [6, 6.07) is 7.75. The minimum absolute atomic E-state index is 0.258. The standard InChI is InChI=1S/C22H26N4O5S/c1-5-22(6-2,11-16-24-13-9-7-8-10-15(13)32-16)20(29)31-12-14(27)17-18(23)25(3)21(30)26(4)19(17)28/h7-10H,5-6,11-12,23H2,1-4H3. The summed E-state index contributed by atoms with van der Waals surface area (Å²) >= 11 is 1.52. The van der Waals surface area contributed by atoms with Crippen molar-refractivity contribution in [3.63, 3.8) is 0 Å². The smallest absolute Gasteiger partial charge is 0.332 e. The van der Waals surface area contributed by atoms with Crippen molar-refractivity contribution in [1.29, 1.82) is 0 Å². The van der Waals surface area contributed by atoms with E-state index in [4.69, 9.17) is 10.5 Å². The first-order valence-electron chi connectivity index (χ1n) is 10.3. The Bertz CT molecular complexity index is 1270. The number of rotatable bonds is 8. The average Bonchev–Trinajstić information content (AvgIpc) is 3.20. The van der Waals surface area contributed by atoms with Gasteiger partial charge in [-0.3, -0.25) is 23.5 Å². The van der Waals surface area contributed by atoms with Crippen LogP contribution < -0.4 is 17.0 Å². The molecule has 3 rings (SSSR count). The van der Waals surface area contributed by atoms with Crippen LogP contribution in [0, 0.1) is 5.41 Å². The Morgan fingerprint density at radius 1 is 1.12 bits per heavy atom. The second-order valence-electron chi connectivity index (χ2n) is 7.70. The molecule has 2 N–H and O–H groups in total. The van der Waals surface area contributed by atoms with E-state index >= 15 is 0 Å². The number of aromatic nitrogens is 3. The number of nitrogen functional groups attached to an aromatic ring is 1. The van der Waals surface area contributed by atoms with Gasteiger partial charge in [-0.2, -0.15) is 0 Å². The third kappa shape index (κ3) is 4.10. The highest BCUT2D eigenvalue weighted by atomic mass is 32.1. The molecular weight excluding hydrogens is 432 g/mol. The van der Waals surface area contributed by atoms with Crippen molar-refractivity contribution in [2.24, 2.45) is 19.5 Å². The zero-order valence-electron chi connectivity index (χ0n) is 18.5. The summed E-state index contributed by atoms with van der Waals surface area (Å²) in [6.45, 7) is 3.14. The van der Waals surface area contributed by atoms with Crippen LogP contribution in [-0.4, -0.2) is 32.5 Å². The van der Waals surface area contributed by atoms with Crippen molar-refractivity contribution >= 4 is 39.1 Å². The molecular formula is C22H26N4O5S. The molecule has 0 fully saturated rings. The van der Waals surface area contributed by atoms with E-state index in [1.165, 1.54) is 25.4 Å². The summed E-state index contributed by atoms with van der Waals surface area (Å²) in [6.07, 6.45) is 1.38. The molecule has 0 saturated carbocycles. The van der Waals surface area contributed by atoms with Crippen molar-refractivity contribution in [2.75, 3.05) is 12.3 Å². The first kappa shape index (κ1) is 23.4. The van der Waals surface area contributed by atoms with Crippen molar-refractivity contribution in [3.8, 4) is 0 Å². The van der Waals surface area contributed by atoms with Gasteiger partial charge < -0.3 is 10.5 Å². The third-order valence-electron chi connectivity index (χ3n) is 5.94. The predicted octanol–water partition coefficient (Wildman–Crippen LogP) is 2.05. The fourth-order valence-electron chi connectivity index (χ4n) is 3.62. The van der Waals surface area contributed by atoms with Gasteiger partial charge in [-0.05, 0) is 25.0 Å². The van der Waals surface area contributed by atoms with E-state index in [-0.39, 0.29) is 11.4 Å². The summed E-state index contributed by atoms with van der Waals surface area (Å²) < 4.78 is 8.20. The van der Waals surface area contributed by atoms with Crippen LogP contribution in [0.3, 0.4) is 0 Å². The number of hydrogen-bond acceptors (Lipinski definition) is 8. The number of esters is 1. The number of Topliss-reactive ketones (excluding diaryl/α,β-unsaturated/α-hetero) is 1. The number of benzene rings is 1. The second kappa shape index (κ2) is 9.07. The van der Waals surface area contributed by atoms with E-state index in [1.807, 2.05) is 38.1 Å². The monoisotopic (exact) mass is 458 g/mol. The Morgan fingerprint density at radius 2 is 1.78 bits per heavy atom. The lowest BCUT2D eigenvalue weighted by atomic mass is 9.79. The molecule has 0 aliphatic carbocycles. The lowest BCUT2D eigenvalue weighted by Gasteiger charge is -2.28. The number of para-hydroxylation sites is 1. The van der Waals surface area contributed by atoms with E-state index in [1.54, 1.807) is 0 Å². The molecule has 2 aromatic heterocycles. The Morgan fingerprint density at radius 3 is 2.41 bits per heavy atom. The van der Waals surface area contributed by atoms with Crippen molar-refractivity contribution < 1.29 is 14.3 Å². The van der Waals surface area contributed by atoms with Crippen LogP contribution in [0.1, 0.15) is 42.1 Å². The Balaban J connectivity index is 1.82. The van der Waals surface area contributed by atoms with Gasteiger partial charge in [0.15, 0.2) is 6.61 Å². The molecule has 0 atom stereocenters. The fraction of sp³-hybridized carbons (Fsp3) is 0.409. The van der Waals surface area contributed by atoms with Gasteiger partial charge in [0.05, 0.1) is 20.6 Å². The molecule has 0 spiro atoms. The molecule has 0 aliphatic heterocycles. The molecule has 0 aliphatic rings. The van der Waals surface area contributed by atoms with Crippen LogP contribution >= 0.6 is 11.3 Å². The van der Waals surface area contributed by atoms with E-state index in [0.29, 0.717) is 19.3 Å². The van der Waals surface area contributed by atoms with E-state index < -0.39 is 35.0 Å². The van der Waals surface area contributed by atoms with Crippen LogP contribution in [0.15, 0.2) is 33.9 Å². The third-order valence-corrected chi connectivity index (χ3v) is 6.97. The predicted molar refractivity (Wildman–Crippen MR) is 123 cm³/mol. The van der Waals surface area contributed by atoms with Crippen LogP contribution in [0.4, 0.5) is 5.82 Å². The highest BCUT2D eigenvalue weighted by molar-refractivity contribution is 7.18. The van der Waals surface area contributed by atoms with Gasteiger partial charge in [-0.15, -0.1) is 11.3 Å². The molecule has 2 heterocycles. The highest BCUT2D eigenvalue weighted by Gasteiger charge is 2.38. The maximum atomic E-state index is 13.1. The second-order valence-corrected chi connectivity index (χ2v) is 8.82. The number of fused-ring (bicyclic) bond motifs is 1. The number of carbonyl (C=O) groups excluding carboxylic acids is 2. The molecule has 3 aromatic rings. The summed E-state index contributed by atoms with van der Waals surface area (Å²) in [5.41, 5.74) is 4.00. The average molecular weight is 459 g/mol. The lowest BCUT2D eigenvalue weighted by Crippen LogP contribution is -2.42. The van der Waals surface area contributed by atoms with Gasteiger partial charge in [0, 0.05) is 20.5 Å². The molecule has 32 heavy (non-hydrogen) atoms. The van der Waals surface area contributed by atoms with Crippen LogP contribution in [0.5, 0.6) is 0 Å². The Hall–Kier alpha value is -3.27. The van der Waals surface area contributed by atoms with Gasteiger partial charge in [0.25, 0.3) is 5.56 Å². The van der Waals surface area contributed by atoms with Crippen molar-refractivity contribution in [2.45, 2.75) is 33.1 Å². The molecule has 1 aromatic carbocycles. The molecule has 0 saturated heterocycles. The zero-order valence-corrected chi connectivity index (χ0v) is 19.3. The Labute approximate surface area is 188 Å². The molecule has 0 unspecified atom stereocenters. The number of anilines is 1. The van der Waals surface area contributed by atoms with Crippen LogP contribution in [0.25, 0.3) is 10.2 Å². The van der Waals surface area contributed by atoms with E-state index in [9.17, 15) is 19.2 Å². The molecule has 0 amide bonds. The topological polar surface area (TPSA) is 126 Å². The molecule has 170 valence electrons. The van der Waals surface area contributed by atoms with Gasteiger partial charge in [-0.25, -0.2) is 9.78 Å². The number of nitrogens with two attached hydrogens (primary N) is 1. The maximum absolute atomic E-state index is 13.1. The number of thiazole rings is 1. The first-order chi connectivity index (χ1) is 15.1. The quantitative estimate of drug-likeness (QED) is 0.404. The number of ether oxygens (including phenoxy) is 1. The number of carbonyl (C=O) groups is 2. The number of ketones is 1. The fourth-order valence-corrected chi connectivity index (χ4v) is 4.74. The Kier molecular flexibility index (Phi) is 6.63. The van der Waals surface area contributed by atoms with Gasteiger partial charge in [0.2, 0.25) is 5.78 Å². The first-order valence-corrected chi connectivity index (χ1v) is 11.1. The largest absolute Gasteiger partial charge is 0.457 e. The summed E-state index contributed by atoms with van der Waals surface area (Å²) in [4.78, 5) is 54.7. The minimum Gasteiger partial charge on any atom is -0.457 e. The lowest BCUT2D eigenvalue weighted by molar-refractivity contribution is -0.155. The number of hydrogen-bond donors (Lipinski definition) is 1. The van der Waals surface area contributed by atoms with Crippen LogP contribution in [-0.2, 0) is 30.0 Å². The van der Waals surface area contributed by atoms with Crippen molar-refractivity contribution in [3.05, 3.63) is 55.7 Å². The van der Waals surface area contributed by atoms with Gasteiger partial charge in [0.1, 0.15) is 11.4 Å². The summed E-state index contributed by atoms with van der Waals surface area (Å²) in [5.74, 6) is -1.55.